The van der Waals surface area contributed by atoms with Crippen molar-refractivity contribution in [3.63, 3.8) is 0 Å². The van der Waals surface area contributed by atoms with Crippen LogP contribution in [0.4, 0.5) is 0 Å². The second-order valence-electron chi connectivity index (χ2n) is 4.50. The standard InChI is InChI=1S/C13H16N2/c1-15-12-5-3-2-4-10(12)11-8-9(14)6-7-13(11)15/h2-5,9H,6-8,14H2,1H3/t9-/m1/s1. The van der Waals surface area contributed by atoms with E-state index in [1.165, 1.54) is 22.2 Å². The Kier molecular flexibility index (Phi) is 1.86. The second-order valence-corrected chi connectivity index (χ2v) is 4.50. The summed E-state index contributed by atoms with van der Waals surface area (Å²) in [5.41, 5.74) is 10.3. The minimum atomic E-state index is 0.350. The maximum absolute atomic E-state index is 6.04. The van der Waals surface area contributed by atoms with Crippen LogP contribution in [0.1, 0.15) is 17.7 Å². The molecule has 2 aromatic rings. The summed E-state index contributed by atoms with van der Waals surface area (Å²) in [5.74, 6) is 0. The third kappa shape index (κ3) is 1.21. The van der Waals surface area contributed by atoms with Crippen molar-refractivity contribution >= 4 is 10.9 Å². The van der Waals surface area contributed by atoms with E-state index in [1.807, 2.05) is 0 Å². The number of para-hydroxylation sites is 1. The molecule has 0 aliphatic heterocycles. The molecule has 0 amide bonds. The first kappa shape index (κ1) is 8.98. The molecule has 0 bridgehead atoms. The Labute approximate surface area is 89.7 Å². The molecule has 2 N–H and O–H groups in total. The number of aromatic nitrogens is 1. The number of nitrogens with zero attached hydrogens (tertiary/aromatic N) is 1. The van der Waals surface area contributed by atoms with Crippen LogP contribution in [0.3, 0.4) is 0 Å². The van der Waals surface area contributed by atoms with Gasteiger partial charge in [0.25, 0.3) is 0 Å². The Morgan fingerprint density at radius 2 is 2.13 bits per heavy atom. The number of fused-ring (bicyclic) bond motifs is 3. The van der Waals surface area contributed by atoms with Crippen LogP contribution in [0.2, 0.25) is 0 Å². The molecular formula is C13H16N2. The monoisotopic (exact) mass is 200 g/mol. The van der Waals surface area contributed by atoms with Gasteiger partial charge in [-0.2, -0.15) is 0 Å². The molecule has 1 aromatic heterocycles. The number of hydrogen-bond acceptors (Lipinski definition) is 1. The molecule has 0 saturated carbocycles. The molecule has 1 aliphatic rings. The van der Waals surface area contributed by atoms with Crippen LogP contribution in [-0.4, -0.2) is 10.6 Å². The fraction of sp³-hybridized carbons (Fsp3) is 0.385. The van der Waals surface area contributed by atoms with Crippen molar-refractivity contribution in [2.45, 2.75) is 25.3 Å². The van der Waals surface area contributed by atoms with Gasteiger partial charge < -0.3 is 10.3 Å². The zero-order valence-corrected chi connectivity index (χ0v) is 9.03. The Bertz CT molecular complexity index is 510. The van der Waals surface area contributed by atoms with Gasteiger partial charge in [0.05, 0.1) is 0 Å². The Balaban J connectivity index is 2.33. The van der Waals surface area contributed by atoms with Gasteiger partial charge in [-0.25, -0.2) is 0 Å². The predicted molar refractivity (Wildman–Crippen MR) is 62.9 cm³/mol. The Hall–Kier alpha value is -1.28. The number of rotatable bonds is 0. The first-order valence-corrected chi connectivity index (χ1v) is 5.58. The molecule has 0 radical (unpaired) electrons. The minimum absolute atomic E-state index is 0.350. The van der Waals surface area contributed by atoms with Crippen molar-refractivity contribution in [2.24, 2.45) is 12.8 Å². The first-order chi connectivity index (χ1) is 7.27. The lowest BCUT2D eigenvalue weighted by Gasteiger charge is -2.19. The van der Waals surface area contributed by atoms with Crippen molar-refractivity contribution in [1.29, 1.82) is 0 Å². The van der Waals surface area contributed by atoms with Gasteiger partial charge in [-0.3, -0.25) is 0 Å². The maximum atomic E-state index is 6.04. The Morgan fingerprint density at radius 1 is 1.33 bits per heavy atom. The molecule has 2 nitrogen and oxygen atoms in total. The summed E-state index contributed by atoms with van der Waals surface area (Å²) in [7, 11) is 2.16. The van der Waals surface area contributed by atoms with Crippen molar-refractivity contribution in [3.8, 4) is 0 Å². The van der Waals surface area contributed by atoms with Gasteiger partial charge in [-0.15, -0.1) is 0 Å². The number of aryl methyl sites for hydroxylation is 1. The largest absolute Gasteiger partial charge is 0.347 e. The molecule has 0 saturated heterocycles. The lowest BCUT2D eigenvalue weighted by molar-refractivity contribution is 0.562. The van der Waals surface area contributed by atoms with Crippen LogP contribution in [0.15, 0.2) is 24.3 Å². The van der Waals surface area contributed by atoms with Crippen LogP contribution in [0.5, 0.6) is 0 Å². The third-order valence-electron chi connectivity index (χ3n) is 3.56. The van der Waals surface area contributed by atoms with Crippen LogP contribution in [-0.2, 0) is 19.9 Å². The van der Waals surface area contributed by atoms with E-state index >= 15 is 0 Å². The molecule has 0 unspecified atom stereocenters. The molecular weight excluding hydrogens is 184 g/mol. The Morgan fingerprint density at radius 3 is 3.00 bits per heavy atom. The van der Waals surface area contributed by atoms with Crippen molar-refractivity contribution in [1.82, 2.24) is 4.57 Å². The van der Waals surface area contributed by atoms with Gasteiger partial charge in [0.2, 0.25) is 0 Å². The number of nitrogens with two attached hydrogens (primary N) is 1. The fourth-order valence-corrected chi connectivity index (χ4v) is 2.76. The molecule has 15 heavy (non-hydrogen) atoms. The van der Waals surface area contributed by atoms with E-state index in [0.717, 1.165) is 19.3 Å². The van der Waals surface area contributed by atoms with Gasteiger partial charge in [0.15, 0.2) is 0 Å². The van der Waals surface area contributed by atoms with E-state index in [-0.39, 0.29) is 0 Å². The summed E-state index contributed by atoms with van der Waals surface area (Å²) >= 11 is 0. The maximum Gasteiger partial charge on any atom is 0.0482 e. The van der Waals surface area contributed by atoms with Crippen LogP contribution >= 0.6 is 0 Å². The summed E-state index contributed by atoms with van der Waals surface area (Å²) in [6, 6.07) is 8.98. The molecule has 3 rings (SSSR count). The third-order valence-corrected chi connectivity index (χ3v) is 3.56. The topological polar surface area (TPSA) is 30.9 Å². The van der Waals surface area contributed by atoms with E-state index in [1.54, 1.807) is 0 Å². The SMILES string of the molecule is Cn1c2c(c3ccccc31)C[C@H](N)CC2. The molecule has 78 valence electrons. The van der Waals surface area contributed by atoms with Gasteiger partial charge >= 0.3 is 0 Å². The fourth-order valence-electron chi connectivity index (χ4n) is 2.76. The average molecular weight is 200 g/mol. The number of benzene rings is 1. The first-order valence-electron chi connectivity index (χ1n) is 5.58. The summed E-state index contributed by atoms with van der Waals surface area (Å²) in [6.07, 6.45) is 3.29. The lowest BCUT2D eigenvalue weighted by Crippen LogP contribution is -2.28. The summed E-state index contributed by atoms with van der Waals surface area (Å²) in [5, 5.41) is 1.39. The van der Waals surface area contributed by atoms with Crippen LogP contribution in [0.25, 0.3) is 10.9 Å². The van der Waals surface area contributed by atoms with Gasteiger partial charge in [-0.05, 0) is 30.9 Å². The zero-order valence-electron chi connectivity index (χ0n) is 9.03. The van der Waals surface area contributed by atoms with E-state index < -0.39 is 0 Å². The highest BCUT2D eigenvalue weighted by Crippen LogP contribution is 2.30. The smallest absolute Gasteiger partial charge is 0.0482 e. The highest BCUT2D eigenvalue weighted by Gasteiger charge is 2.21. The van der Waals surface area contributed by atoms with E-state index in [0.29, 0.717) is 6.04 Å². The average Bonchev–Trinajstić information content (AvgIpc) is 2.54. The highest BCUT2D eigenvalue weighted by molar-refractivity contribution is 5.85. The van der Waals surface area contributed by atoms with Crippen molar-refractivity contribution in [3.05, 3.63) is 35.5 Å². The zero-order chi connectivity index (χ0) is 10.4. The molecule has 1 heterocycles. The van der Waals surface area contributed by atoms with Gasteiger partial charge in [-0.1, -0.05) is 18.2 Å². The van der Waals surface area contributed by atoms with Crippen molar-refractivity contribution < 1.29 is 0 Å². The molecule has 2 heteroatoms. The molecule has 1 aromatic carbocycles. The molecule has 0 spiro atoms. The van der Waals surface area contributed by atoms with Gasteiger partial charge in [0.1, 0.15) is 0 Å². The predicted octanol–water partition coefficient (Wildman–Crippen LogP) is 1.99. The quantitative estimate of drug-likeness (QED) is 0.692. The normalized spacial score (nSPS) is 20.5. The summed E-state index contributed by atoms with van der Waals surface area (Å²) < 4.78 is 2.33. The van der Waals surface area contributed by atoms with Crippen LogP contribution in [0, 0.1) is 0 Å². The van der Waals surface area contributed by atoms with Gasteiger partial charge in [0, 0.05) is 29.7 Å². The number of hydrogen-bond donors (Lipinski definition) is 1. The van der Waals surface area contributed by atoms with E-state index in [9.17, 15) is 0 Å². The second kappa shape index (κ2) is 3.11. The highest BCUT2D eigenvalue weighted by atomic mass is 15.0. The lowest BCUT2D eigenvalue weighted by atomic mass is 9.92. The summed E-state index contributed by atoms with van der Waals surface area (Å²) in [6.45, 7) is 0. The minimum Gasteiger partial charge on any atom is -0.347 e. The van der Waals surface area contributed by atoms with E-state index in [2.05, 4.69) is 35.9 Å². The van der Waals surface area contributed by atoms with E-state index in [4.69, 9.17) is 5.73 Å². The summed E-state index contributed by atoms with van der Waals surface area (Å²) in [4.78, 5) is 0. The van der Waals surface area contributed by atoms with Crippen LogP contribution < -0.4 is 5.73 Å². The molecule has 0 fully saturated rings. The van der Waals surface area contributed by atoms with Crippen molar-refractivity contribution in [2.75, 3.05) is 0 Å². The molecule has 1 aliphatic carbocycles. The molecule has 1 atom stereocenters.